The van der Waals surface area contributed by atoms with E-state index in [1.807, 2.05) is 17.0 Å². The van der Waals surface area contributed by atoms with Crippen molar-refractivity contribution >= 4 is 11.6 Å². The summed E-state index contributed by atoms with van der Waals surface area (Å²) in [5.41, 5.74) is 0.0161. The summed E-state index contributed by atoms with van der Waals surface area (Å²) in [7, 11) is 1.57. The molecule has 1 amide bonds. The highest BCUT2D eigenvalue weighted by Gasteiger charge is 2.37. The zero-order chi connectivity index (χ0) is 13.2. The molecular formula is C13H18N2O3. The molecule has 0 unspecified atom stereocenters. The van der Waals surface area contributed by atoms with Crippen molar-refractivity contribution in [3.63, 3.8) is 0 Å². The number of hydrogen-bond donors (Lipinski definition) is 2. The van der Waals surface area contributed by atoms with Crippen molar-refractivity contribution in [3.05, 3.63) is 24.3 Å². The van der Waals surface area contributed by atoms with Crippen LogP contribution in [0.25, 0.3) is 0 Å². The number of carbonyl (C=O) groups excluding carboxylic acids is 1. The van der Waals surface area contributed by atoms with E-state index in [1.54, 1.807) is 26.2 Å². The van der Waals surface area contributed by atoms with E-state index in [1.165, 1.54) is 0 Å². The Morgan fingerprint density at radius 3 is 2.78 bits per heavy atom. The summed E-state index contributed by atoms with van der Waals surface area (Å²) in [6.45, 7) is 3.12. The molecule has 0 aromatic heterocycles. The molecular weight excluding hydrogens is 232 g/mol. The van der Waals surface area contributed by atoms with E-state index in [2.05, 4.69) is 5.32 Å². The summed E-state index contributed by atoms with van der Waals surface area (Å²) in [5, 5.41) is 12.4. The quantitative estimate of drug-likeness (QED) is 0.826. The van der Waals surface area contributed by atoms with Gasteiger partial charge in [0.25, 0.3) is 0 Å². The molecule has 5 heteroatoms. The van der Waals surface area contributed by atoms with Gasteiger partial charge in [0, 0.05) is 13.1 Å². The Kier molecular flexibility index (Phi) is 3.54. The normalized spacial score (nSPS) is 17.9. The summed E-state index contributed by atoms with van der Waals surface area (Å²) >= 11 is 0. The lowest BCUT2D eigenvalue weighted by molar-refractivity contribution is -0.125. The van der Waals surface area contributed by atoms with Crippen molar-refractivity contribution < 1.29 is 14.6 Å². The number of aliphatic hydroxyl groups is 1. The van der Waals surface area contributed by atoms with E-state index < -0.39 is 5.60 Å². The van der Waals surface area contributed by atoms with Gasteiger partial charge in [0.1, 0.15) is 5.75 Å². The molecule has 1 fully saturated rings. The first kappa shape index (κ1) is 12.9. The summed E-state index contributed by atoms with van der Waals surface area (Å²) < 4.78 is 5.16. The second-order valence-corrected chi connectivity index (χ2v) is 4.89. The number of carbonyl (C=O) groups is 1. The lowest BCUT2D eigenvalue weighted by Gasteiger charge is -2.43. The minimum Gasteiger partial charge on any atom is -0.495 e. The Labute approximate surface area is 106 Å². The van der Waals surface area contributed by atoms with Gasteiger partial charge in [-0.25, -0.2) is 0 Å². The number of rotatable bonds is 4. The molecule has 0 radical (unpaired) electrons. The van der Waals surface area contributed by atoms with E-state index in [9.17, 15) is 9.90 Å². The van der Waals surface area contributed by atoms with Gasteiger partial charge in [-0.3, -0.25) is 9.69 Å². The van der Waals surface area contributed by atoms with Crippen molar-refractivity contribution in [2.45, 2.75) is 12.5 Å². The van der Waals surface area contributed by atoms with E-state index in [-0.39, 0.29) is 12.5 Å². The van der Waals surface area contributed by atoms with Crippen LogP contribution in [0, 0.1) is 0 Å². The van der Waals surface area contributed by atoms with Crippen LogP contribution in [0.4, 0.5) is 5.69 Å². The molecule has 5 nitrogen and oxygen atoms in total. The number of anilines is 1. The molecule has 0 spiro atoms. The Morgan fingerprint density at radius 1 is 1.50 bits per heavy atom. The molecule has 1 aromatic carbocycles. The highest BCUT2D eigenvalue weighted by atomic mass is 16.5. The lowest BCUT2D eigenvalue weighted by Crippen LogP contribution is -2.61. The predicted octanol–water partition coefficient (Wildman–Crippen LogP) is 0.700. The van der Waals surface area contributed by atoms with E-state index in [4.69, 9.17) is 4.74 Å². The molecule has 0 saturated carbocycles. The highest BCUT2D eigenvalue weighted by molar-refractivity contribution is 5.93. The monoisotopic (exact) mass is 250 g/mol. The molecule has 0 aliphatic carbocycles. The van der Waals surface area contributed by atoms with Crippen molar-refractivity contribution in [2.24, 2.45) is 0 Å². The molecule has 98 valence electrons. The lowest BCUT2D eigenvalue weighted by atomic mass is 9.97. The van der Waals surface area contributed by atoms with Gasteiger partial charge in [-0.1, -0.05) is 12.1 Å². The Balaban J connectivity index is 1.88. The van der Waals surface area contributed by atoms with Crippen LogP contribution in [0.3, 0.4) is 0 Å². The third-order valence-corrected chi connectivity index (χ3v) is 2.88. The molecule has 0 bridgehead atoms. The van der Waals surface area contributed by atoms with Gasteiger partial charge >= 0.3 is 0 Å². The predicted molar refractivity (Wildman–Crippen MR) is 68.7 cm³/mol. The maximum Gasteiger partial charge on any atom is 0.238 e. The van der Waals surface area contributed by atoms with Crippen LogP contribution in [0.2, 0.25) is 0 Å². The smallest absolute Gasteiger partial charge is 0.238 e. The third kappa shape index (κ3) is 3.00. The van der Waals surface area contributed by atoms with Gasteiger partial charge < -0.3 is 15.2 Å². The fourth-order valence-corrected chi connectivity index (χ4v) is 2.17. The van der Waals surface area contributed by atoms with E-state index in [0.29, 0.717) is 24.5 Å². The van der Waals surface area contributed by atoms with Gasteiger partial charge in [-0.05, 0) is 19.1 Å². The molecule has 2 N–H and O–H groups in total. The number of β-amino-alcohol motifs (C(OH)–C–C–N with tert-alkyl or cyclic N) is 1. The summed E-state index contributed by atoms with van der Waals surface area (Å²) in [4.78, 5) is 13.7. The van der Waals surface area contributed by atoms with Gasteiger partial charge in [0.15, 0.2) is 0 Å². The number of methoxy groups -OCH3 is 1. The van der Waals surface area contributed by atoms with Crippen LogP contribution in [-0.2, 0) is 4.79 Å². The second kappa shape index (κ2) is 4.96. The van der Waals surface area contributed by atoms with Crippen LogP contribution in [0.15, 0.2) is 24.3 Å². The van der Waals surface area contributed by atoms with Crippen LogP contribution in [-0.4, -0.2) is 48.3 Å². The van der Waals surface area contributed by atoms with Crippen molar-refractivity contribution in [2.75, 3.05) is 32.1 Å². The first-order valence-corrected chi connectivity index (χ1v) is 5.88. The topological polar surface area (TPSA) is 61.8 Å². The van der Waals surface area contributed by atoms with Crippen LogP contribution in [0.1, 0.15) is 6.92 Å². The first-order valence-electron chi connectivity index (χ1n) is 5.88. The summed E-state index contributed by atoms with van der Waals surface area (Å²) in [6, 6.07) is 7.28. The molecule has 1 heterocycles. The molecule has 0 atom stereocenters. The Morgan fingerprint density at radius 2 is 2.17 bits per heavy atom. The van der Waals surface area contributed by atoms with Gasteiger partial charge in [-0.15, -0.1) is 0 Å². The zero-order valence-electron chi connectivity index (χ0n) is 10.6. The molecule has 18 heavy (non-hydrogen) atoms. The number of nitrogens with zero attached hydrogens (tertiary/aromatic N) is 1. The van der Waals surface area contributed by atoms with Crippen LogP contribution in [0.5, 0.6) is 5.75 Å². The second-order valence-electron chi connectivity index (χ2n) is 4.89. The zero-order valence-corrected chi connectivity index (χ0v) is 10.6. The third-order valence-electron chi connectivity index (χ3n) is 2.88. The SMILES string of the molecule is COc1ccccc1NC(=O)CN1CC(C)(O)C1. The first-order chi connectivity index (χ1) is 8.50. The van der Waals surface area contributed by atoms with Gasteiger partial charge in [0.05, 0.1) is 24.9 Å². The summed E-state index contributed by atoms with van der Waals surface area (Å²) in [5.74, 6) is 0.538. The van der Waals surface area contributed by atoms with E-state index >= 15 is 0 Å². The standard InChI is InChI=1S/C13H18N2O3/c1-13(17)8-15(9-13)7-12(16)14-10-5-3-4-6-11(10)18-2/h3-6,17H,7-9H2,1-2H3,(H,14,16). The maximum absolute atomic E-state index is 11.8. The fraction of sp³-hybridized carbons (Fsp3) is 0.462. The van der Waals surface area contributed by atoms with Gasteiger partial charge in [0.2, 0.25) is 5.91 Å². The average Bonchev–Trinajstić information content (AvgIpc) is 2.27. The van der Waals surface area contributed by atoms with Crippen molar-refractivity contribution in [1.82, 2.24) is 4.90 Å². The minimum atomic E-state index is -0.648. The molecule has 2 rings (SSSR count). The van der Waals surface area contributed by atoms with Gasteiger partial charge in [-0.2, -0.15) is 0 Å². The summed E-state index contributed by atoms with van der Waals surface area (Å²) in [6.07, 6.45) is 0. The van der Waals surface area contributed by atoms with E-state index in [0.717, 1.165) is 0 Å². The molecule has 1 aliphatic rings. The number of ether oxygens (including phenoxy) is 1. The number of nitrogens with one attached hydrogen (secondary N) is 1. The number of hydrogen-bond acceptors (Lipinski definition) is 4. The average molecular weight is 250 g/mol. The molecule has 1 aromatic rings. The number of benzene rings is 1. The van der Waals surface area contributed by atoms with Crippen molar-refractivity contribution in [1.29, 1.82) is 0 Å². The van der Waals surface area contributed by atoms with Crippen LogP contribution < -0.4 is 10.1 Å². The van der Waals surface area contributed by atoms with Crippen molar-refractivity contribution in [3.8, 4) is 5.75 Å². The number of amides is 1. The largest absolute Gasteiger partial charge is 0.495 e. The Hall–Kier alpha value is -1.59. The molecule has 1 saturated heterocycles. The van der Waals surface area contributed by atoms with Crippen LogP contribution >= 0.6 is 0 Å². The number of likely N-dealkylation sites (tertiary alicyclic amines) is 1. The molecule has 1 aliphatic heterocycles. The fourth-order valence-electron chi connectivity index (χ4n) is 2.17. The minimum absolute atomic E-state index is 0.102. The number of para-hydroxylation sites is 2. The Bertz CT molecular complexity index is 438. The highest BCUT2D eigenvalue weighted by Crippen LogP contribution is 2.23. The maximum atomic E-state index is 11.8.